The van der Waals surface area contributed by atoms with Gasteiger partial charge in [-0.2, -0.15) is 0 Å². The van der Waals surface area contributed by atoms with Gasteiger partial charge in [0.25, 0.3) is 0 Å². The van der Waals surface area contributed by atoms with E-state index >= 15 is 0 Å². The Balaban J connectivity index is 0.000000641. The molecule has 27 N–H and O–H groups in total. The second-order valence-corrected chi connectivity index (χ2v) is 29.3. The van der Waals surface area contributed by atoms with Gasteiger partial charge in [0.05, 0.1) is 62.4 Å². The molecule has 18 heteroatoms. The van der Waals surface area contributed by atoms with Crippen molar-refractivity contribution in [2.45, 2.75) is 205 Å². The minimum Gasteiger partial charge on any atom is -0.395 e. The van der Waals surface area contributed by atoms with Crippen molar-refractivity contribution in [2.75, 3.05) is 33.9 Å². The Morgan fingerprint density at radius 1 is 0.374 bits per heavy atom. The van der Waals surface area contributed by atoms with Gasteiger partial charge in [-0.05, 0) is 144 Å². The molecule has 0 heterocycles. The molecule has 115 heavy (non-hydrogen) atoms. The lowest BCUT2D eigenvalue weighted by Gasteiger charge is -2.25. The molecule has 10 aromatic carbocycles. The van der Waals surface area contributed by atoms with Crippen LogP contribution in [0.4, 0.5) is 0 Å². The van der Waals surface area contributed by atoms with Crippen molar-refractivity contribution in [3.63, 3.8) is 0 Å². The lowest BCUT2D eigenvalue weighted by atomic mass is 9.86. The van der Waals surface area contributed by atoms with Crippen LogP contribution in [0.1, 0.15) is 216 Å². The predicted octanol–water partition coefficient (Wildman–Crippen LogP) is 14.3. The smallest absolute Gasteiger partial charge is 0.0982 e. The first-order chi connectivity index (χ1) is 54.9. The van der Waals surface area contributed by atoms with E-state index in [4.69, 9.17) is 72.7 Å². The normalized spacial score (nSPS) is 15.5. The summed E-state index contributed by atoms with van der Waals surface area (Å²) in [6.45, 7) is 20.1. The summed E-state index contributed by atoms with van der Waals surface area (Å²) in [5.41, 5.74) is 69.1. The van der Waals surface area contributed by atoms with Crippen LogP contribution in [-0.2, 0) is 6.42 Å². The molecule has 0 aliphatic heterocycles. The fraction of sp³-hybridized carbons (Fsp3) is 0.381. The Bertz CT molecular complexity index is 3760. The van der Waals surface area contributed by atoms with E-state index in [1.54, 1.807) is 13.8 Å². The molecular weight excluding hydrogens is 1430 g/mol. The number of nitrogens with zero attached hydrogens (tertiary/aromatic N) is 1. The molecule has 0 fully saturated rings. The third-order valence-electron chi connectivity index (χ3n) is 18.5. The van der Waals surface area contributed by atoms with Gasteiger partial charge in [-0.1, -0.05) is 330 Å². The van der Waals surface area contributed by atoms with Gasteiger partial charge in [-0.3, -0.25) is 0 Å². The van der Waals surface area contributed by atoms with E-state index < -0.39 is 18.3 Å². The molecule has 630 valence electrons. The summed E-state index contributed by atoms with van der Waals surface area (Å²) in [4.78, 5) is 2.01. The minimum absolute atomic E-state index is 0.00398. The number of aryl methyl sites for hydroxylation is 1. The molecule has 0 radical (unpaired) electrons. The maximum absolute atomic E-state index is 10.1. The summed E-state index contributed by atoms with van der Waals surface area (Å²) >= 11 is 0. The Morgan fingerprint density at radius 3 is 1.02 bits per heavy atom. The quantitative estimate of drug-likeness (QED) is 0.0280. The summed E-state index contributed by atoms with van der Waals surface area (Å²) in [5.74, 6) is 0.280. The summed E-state index contributed by atoms with van der Waals surface area (Å²) < 4.78 is 0. The molecule has 11 rings (SSSR count). The van der Waals surface area contributed by atoms with Crippen LogP contribution in [0.3, 0.4) is 0 Å². The van der Waals surface area contributed by atoms with Crippen LogP contribution >= 0.6 is 0 Å². The molecule has 15 atom stereocenters. The number of aliphatic hydroxyl groups excluding tert-OH is 7. The number of unbranched alkanes of at least 4 members (excludes halogenated alkanes) is 2. The number of hydrogen-bond acceptors (Lipinski definition) is 18. The van der Waals surface area contributed by atoms with E-state index in [1.807, 2.05) is 265 Å². The van der Waals surface area contributed by atoms with Gasteiger partial charge in [-0.25, -0.2) is 0 Å². The van der Waals surface area contributed by atoms with E-state index in [-0.39, 0.29) is 92.3 Å². The SMILES string of the molecule is CCCCC[C@@H](C)N.CC[C@H](N)CO.C[C@@H](N)C(c1ccccc1)c1ccccc1.C[C@@H](N)CO.C[C@@H](N)c1ccccc1.C[C@@H]([C@H](O)c1ccccc1)N(C)C.C[C@H](N)[C@H](O)c1ccccc1.Cc1ccc([C@@H](C)N)cc1.N[C@@H](CO)c1ccccc1.N[C@@H](c1ccccc1)[C@H](O)c1ccccc1.N[C@H]1c2ccccc2C[C@H]1O. The number of benzene rings is 10. The van der Waals surface area contributed by atoms with E-state index in [0.29, 0.717) is 12.5 Å². The molecule has 0 aromatic heterocycles. The largest absolute Gasteiger partial charge is 0.395 e. The van der Waals surface area contributed by atoms with Crippen LogP contribution in [0.15, 0.2) is 291 Å². The van der Waals surface area contributed by atoms with Crippen LogP contribution in [0, 0.1) is 6.92 Å². The molecule has 0 amide bonds. The lowest BCUT2D eigenvalue weighted by Crippen LogP contribution is -2.30. The highest BCUT2D eigenvalue weighted by molar-refractivity contribution is 5.37. The van der Waals surface area contributed by atoms with Gasteiger partial charge in [0.1, 0.15) is 0 Å². The van der Waals surface area contributed by atoms with Crippen molar-refractivity contribution in [2.24, 2.45) is 57.3 Å². The molecule has 1 aliphatic rings. The first kappa shape index (κ1) is 104. The molecule has 1 aliphatic carbocycles. The van der Waals surface area contributed by atoms with Crippen LogP contribution in [0.2, 0.25) is 0 Å². The Morgan fingerprint density at radius 2 is 0.713 bits per heavy atom. The second-order valence-electron chi connectivity index (χ2n) is 29.3. The fourth-order valence-electron chi connectivity index (χ4n) is 10.9. The summed E-state index contributed by atoms with van der Waals surface area (Å²) in [5, 5.41) is 63.8. The standard InChI is InChI=1S/C15H17N.C14H15NO.C11H17NO.C9H11NO.C9H13NO.C9H13N.C8H11NO.C8H11N.C7H17N.C4H11NO.C3H9NO/c1-12(16)15(13-8-4-2-5-9-13)14-10-6-3-7-11-14;15-13(11-7-3-1-4-8-11)14(16)12-9-5-2-6-10-12;1-9(12(2)3)11(13)10-7-5-4-6-8-10;10-9-7-4-2-1-3-6(7)5-8(9)11;1-7(10)9(11)8-5-3-2-4-6-8;1-7-3-5-9(6-4-7)8(2)10;9-8(6-10)7-4-2-1-3-5-7;1-7(9)8-5-3-2-4-6-8;1-3-4-5-6-7(2)8;1-2-4(5)3-6;1-3(4)2-5/h2-12,15H,16H2,1H3;1-10,13-14,16H,15H2;4-9,11,13H,1-3H3;1-4,8-9,11H,5,10H2;2-7,9,11H,10H2,1H3;3-6,8H,10H2,1-2H3;1-5,8,10H,6,9H2;2-7H,9H2,1H3;7H,3-6,8H2,1-2H3;4,6H,2-3,5H2,1H3;3,5H,2,4H2,1H3/t12-;13-,14+;9-,11-;8-,9+;7-,9-;2*8-;2*7-;4-;3-/m10010101101/s1. The molecule has 0 bridgehead atoms. The van der Waals surface area contributed by atoms with Crippen LogP contribution < -0.4 is 57.3 Å². The third kappa shape index (κ3) is 45.5. The molecule has 0 saturated heterocycles. The zero-order chi connectivity index (χ0) is 86.0. The Kier molecular flexibility index (Phi) is 57.0. The van der Waals surface area contributed by atoms with E-state index in [2.05, 4.69) is 100 Å². The van der Waals surface area contributed by atoms with Gasteiger partial charge in [-0.15, -0.1) is 0 Å². The van der Waals surface area contributed by atoms with Gasteiger partial charge < -0.3 is 98.0 Å². The lowest BCUT2D eigenvalue weighted by molar-refractivity contribution is 0.0858. The number of fused-ring (bicyclic) bond motifs is 1. The number of nitrogens with two attached hydrogens (primary N) is 10. The van der Waals surface area contributed by atoms with Crippen molar-refractivity contribution < 1.29 is 35.7 Å². The highest BCUT2D eigenvalue weighted by atomic mass is 16.3. The van der Waals surface area contributed by atoms with Gasteiger partial charge in [0.2, 0.25) is 0 Å². The van der Waals surface area contributed by atoms with Crippen molar-refractivity contribution in [3.05, 3.63) is 358 Å². The first-order valence-electron chi connectivity index (χ1n) is 40.2. The highest BCUT2D eigenvalue weighted by Gasteiger charge is 2.27. The van der Waals surface area contributed by atoms with E-state index in [0.717, 1.165) is 39.8 Å². The van der Waals surface area contributed by atoms with E-state index in [1.165, 1.54) is 59.1 Å². The Labute approximate surface area is 690 Å². The van der Waals surface area contributed by atoms with Gasteiger partial charge >= 0.3 is 0 Å². The topological polar surface area (TPSA) is 405 Å². The summed E-state index contributed by atoms with van der Waals surface area (Å²) in [6.07, 6.45) is 4.69. The van der Waals surface area contributed by atoms with E-state index in [9.17, 15) is 20.4 Å². The highest BCUT2D eigenvalue weighted by Crippen LogP contribution is 2.30. The van der Waals surface area contributed by atoms with Crippen LogP contribution in [-0.4, -0.2) is 117 Å². The molecule has 18 nitrogen and oxygen atoms in total. The molecule has 0 unspecified atom stereocenters. The number of likely N-dealkylation sites (N-methyl/N-ethyl adjacent to an activating group) is 1. The van der Waals surface area contributed by atoms with Crippen molar-refractivity contribution in [1.29, 1.82) is 0 Å². The first-order valence-corrected chi connectivity index (χ1v) is 40.2. The Hall–Kier alpha value is -8.52. The second kappa shape index (κ2) is 62.7. The molecule has 0 saturated carbocycles. The maximum atomic E-state index is 10.1. The maximum Gasteiger partial charge on any atom is 0.0982 e. The zero-order valence-electron chi connectivity index (χ0n) is 70.7. The van der Waals surface area contributed by atoms with Gasteiger partial charge in [0, 0.05) is 60.7 Å². The van der Waals surface area contributed by atoms with Crippen molar-refractivity contribution >= 4 is 0 Å². The van der Waals surface area contributed by atoms with Crippen LogP contribution in [0.5, 0.6) is 0 Å². The summed E-state index contributed by atoms with van der Waals surface area (Å²) in [6, 6.07) is 94.9. The fourth-order valence-corrected chi connectivity index (χ4v) is 10.9. The van der Waals surface area contributed by atoms with Crippen molar-refractivity contribution in [1.82, 2.24) is 4.90 Å². The monoisotopic (exact) mass is 1580 g/mol. The molecular formula is C97H145N11O7. The average molecular weight is 1580 g/mol. The third-order valence-corrected chi connectivity index (χ3v) is 18.5. The minimum atomic E-state index is -0.663. The molecule has 0 spiro atoms. The van der Waals surface area contributed by atoms with Crippen molar-refractivity contribution in [3.8, 4) is 0 Å². The predicted molar refractivity (Wildman–Crippen MR) is 483 cm³/mol. The number of rotatable bonds is 22. The average Bonchev–Trinajstić information content (AvgIpc) is 1.75. The van der Waals surface area contributed by atoms with Gasteiger partial charge in [0.15, 0.2) is 0 Å². The summed E-state index contributed by atoms with van der Waals surface area (Å²) in [7, 11) is 3.94. The van der Waals surface area contributed by atoms with Crippen LogP contribution in [0.25, 0.3) is 0 Å². The molecule has 10 aromatic rings. The number of aliphatic hydroxyl groups is 7. The zero-order valence-corrected chi connectivity index (χ0v) is 70.7. The number of hydrogen-bond donors (Lipinski definition) is 17.